The molecule has 0 saturated carbocycles. The first-order valence-electron chi connectivity index (χ1n) is 8.92. The maximum atomic E-state index is 11.9. The van der Waals surface area contributed by atoms with E-state index < -0.39 is 30.7 Å². The highest BCUT2D eigenvalue weighted by molar-refractivity contribution is 5.80. The third-order valence-electron chi connectivity index (χ3n) is 3.64. The zero-order valence-electron chi connectivity index (χ0n) is 15.5. The molecule has 0 bridgehead atoms. The summed E-state index contributed by atoms with van der Waals surface area (Å²) in [5.74, 6) is -0.0212. The van der Waals surface area contributed by atoms with Crippen LogP contribution in [0.25, 0.3) is 0 Å². The Kier molecular flexibility index (Phi) is 12.3. The minimum absolute atomic E-state index is 0.0212. The van der Waals surface area contributed by atoms with E-state index in [1.54, 1.807) is 0 Å². The number of aliphatic hydroxyl groups is 4. The van der Waals surface area contributed by atoms with Gasteiger partial charge in [0.15, 0.2) is 6.29 Å². The molecule has 4 N–H and O–H groups in total. The van der Waals surface area contributed by atoms with E-state index in [0.717, 1.165) is 5.56 Å². The monoisotopic (exact) mass is 356 g/mol. The zero-order valence-corrected chi connectivity index (χ0v) is 15.5. The van der Waals surface area contributed by atoms with Crippen LogP contribution in [0.15, 0.2) is 30.3 Å². The number of carbonyl (C=O) groups is 1. The van der Waals surface area contributed by atoms with Crippen LogP contribution in [0.1, 0.15) is 46.1 Å². The molecule has 144 valence electrons. The zero-order chi connectivity index (χ0) is 19.4. The average molecular weight is 356 g/mol. The topological polar surface area (TPSA) is 107 Å². The number of benzene rings is 1. The molecule has 5 unspecified atom stereocenters. The van der Waals surface area contributed by atoms with Crippen LogP contribution in [-0.2, 0) is 16.0 Å². The summed E-state index contributed by atoms with van der Waals surface area (Å²) in [6.07, 6.45) is -6.17. The first-order valence-corrected chi connectivity index (χ1v) is 8.92. The van der Waals surface area contributed by atoms with Crippen LogP contribution in [0.3, 0.4) is 0 Å². The Morgan fingerprint density at radius 2 is 1.48 bits per heavy atom. The Balaban J connectivity index is 0.00000134. The minimum Gasteiger partial charge on any atom is -0.388 e. The van der Waals surface area contributed by atoms with Gasteiger partial charge in [0.1, 0.15) is 24.1 Å². The Bertz CT molecular complexity index is 464. The van der Waals surface area contributed by atoms with Crippen LogP contribution in [0.2, 0.25) is 0 Å². The van der Waals surface area contributed by atoms with Crippen molar-refractivity contribution in [2.24, 2.45) is 0 Å². The molecule has 0 aliphatic carbocycles. The van der Waals surface area contributed by atoms with E-state index in [2.05, 4.69) is 0 Å². The van der Waals surface area contributed by atoms with E-state index in [1.807, 2.05) is 58.0 Å². The third kappa shape index (κ3) is 7.63. The van der Waals surface area contributed by atoms with Gasteiger partial charge in [-0.1, -0.05) is 58.0 Å². The first kappa shape index (κ1) is 23.7. The van der Waals surface area contributed by atoms with Crippen molar-refractivity contribution in [1.82, 2.24) is 0 Å². The van der Waals surface area contributed by atoms with Crippen LogP contribution in [-0.4, -0.2) is 56.9 Å². The molecule has 0 radical (unpaired) electrons. The van der Waals surface area contributed by atoms with Gasteiger partial charge >= 0.3 is 0 Å². The number of ketones is 1. The predicted molar refractivity (Wildman–Crippen MR) is 96.0 cm³/mol. The summed E-state index contributed by atoms with van der Waals surface area (Å²) in [5.41, 5.74) is 0.906. The van der Waals surface area contributed by atoms with Crippen molar-refractivity contribution in [1.29, 1.82) is 0 Å². The maximum absolute atomic E-state index is 11.9. The molecule has 1 aromatic carbocycles. The summed E-state index contributed by atoms with van der Waals surface area (Å²) in [6.45, 7) is 8.00. The van der Waals surface area contributed by atoms with Gasteiger partial charge in [-0.15, -0.1) is 0 Å². The van der Waals surface area contributed by atoms with Gasteiger partial charge in [0.05, 0.1) is 6.10 Å². The van der Waals surface area contributed by atoms with Crippen LogP contribution in [0, 0.1) is 0 Å². The number of ether oxygens (including phenoxy) is 1. The van der Waals surface area contributed by atoms with E-state index in [9.17, 15) is 25.2 Å². The van der Waals surface area contributed by atoms with Crippen LogP contribution < -0.4 is 0 Å². The van der Waals surface area contributed by atoms with Crippen molar-refractivity contribution in [2.45, 2.75) is 77.7 Å². The fourth-order valence-electron chi connectivity index (χ4n) is 2.38. The van der Waals surface area contributed by atoms with Gasteiger partial charge in [0.25, 0.3) is 0 Å². The summed E-state index contributed by atoms with van der Waals surface area (Å²) in [7, 11) is 0. The van der Waals surface area contributed by atoms with Gasteiger partial charge in [-0.3, -0.25) is 4.79 Å². The minimum atomic E-state index is -1.56. The molecule has 0 amide bonds. The smallest absolute Gasteiger partial charge is 0.183 e. The number of rotatable bonds is 5. The molecule has 1 aliphatic heterocycles. The van der Waals surface area contributed by atoms with Crippen molar-refractivity contribution in [3.05, 3.63) is 35.9 Å². The van der Waals surface area contributed by atoms with Crippen molar-refractivity contribution >= 4 is 5.78 Å². The Morgan fingerprint density at radius 3 is 2.04 bits per heavy atom. The van der Waals surface area contributed by atoms with E-state index in [4.69, 9.17) is 4.74 Å². The van der Waals surface area contributed by atoms with Crippen molar-refractivity contribution in [2.75, 3.05) is 0 Å². The second-order valence-electron chi connectivity index (χ2n) is 5.28. The van der Waals surface area contributed by atoms with Crippen LogP contribution >= 0.6 is 0 Å². The fourth-order valence-corrected chi connectivity index (χ4v) is 2.38. The van der Waals surface area contributed by atoms with Crippen LogP contribution in [0.5, 0.6) is 0 Å². The lowest BCUT2D eigenvalue weighted by Crippen LogP contribution is -2.57. The van der Waals surface area contributed by atoms with Gasteiger partial charge in [-0.2, -0.15) is 0 Å². The summed E-state index contributed by atoms with van der Waals surface area (Å²) in [4.78, 5) is 11.9. The molecule has 6 nitrogen and oxygen atoms in total. The maximum Gasteiger partial charge on any atom is 0.183 e. The van der Waals surface area contributed by atoms with Crippen molar-refractivity contribution in [3.63, 3.8) is 0 Å². The number of Topliss-reactive ketones (excluding diaryl/α,β-unsaturated/α-hetero) is 1. The first-order chi connectivity index (χ1) is 12.0. The quantitative estimate of drug-likeness (QED) is 0.636. The SMILES string of the molecule is CC.CC.O=C(CCC1OC(O)C(O)C(O)C1O)Cc1ccccc1. The molecule has 0 aromatic heterocycles. The molecule has 1 saturated heterocycles. The Labute approximate surface area is 150 Å². The highest BCUT2D eigenvalue weighted by Crippen LogP contribution is 2.23. The van der Waals surface area contributed by atoms with Gasteiger partial charge < -0.3 is 25.2 Å². The second kappa shape index (κ2) is 13.0. The molecule has 6 heteroatoms. The number of carbonyl (C=O) groups excluding carboxylic acids is 1. The Morgan fingerprint density at radius 1 is 0.920 bits per heavy atom. The molecule has 1 heterocycles. The van der Waals surface area contributed by atoms with E-state index in [-0.39, 0.29) is 25.0 Å². The van der Waals surface area contributed by atoms with Gasteiger partial charge in [-0.25, -0.2) is 0 Å². The summed E-state index contributed by atoms with van der Waals surface area (Å²) < 4.78 is 5.03. The number of hydrogen-bond donors (Lipinski definition) is 4. The highest BCUT2D eigenvalue weighted by atomic mass is 16.6. The van der Waals surface area contributed by atoms with Crippen LogP contribution in [0.4, 0.5) is 0 Å². The number of hydrogen-bond acceptors (Lipinski definition) is 6. The summed E-state index contributed by atoms with van der Waals surface area (Å²) in [6, 6.07) is 9.28. The molecule has 5 atom stereocenters. The lowest BCUT2D eigenvalue weighted by atomic mass is 9.94. The highest BCUT2D eigenvalue weighted by Gasteiger charge is 2.42. The molecule has 1 aromatic rings. The van der Waals surface area contributed by atoms with E-state index in [1.165, 1.54) is 0 Å². The molecule has 0 spiro atoms. The van der Waals surface area contributed by atoms with E-state index >= 15 is 0 Å². The van der Waals surface area contributed by atoms with Crippen molar-refractivity contribution < 1.29 is 30.0 Å². The second-order valence-corrected chi connectivity index (χ2v) is 5.28. The van der Waals surface area contributed by atoms with Crippen molar-refractivity contribution in [3.8, 4) is 0 Å². The summed E-state index contributed by atoms with van der Waals surface area (Å²) in [5, 5.41) is 38.1. The molecule has 1 aliphatic rings. The van der Waals surface area contributed by atoms with Gasteiger partial charge in [0.2, 0.25) is 0 Å². The molecule has 25 heavy (non-hydrogen) atoms. The predicted octanol–water partition coefficient (Wildman–Crippen LogP) is 1.43. The molecule has 2 rings (SSSR count). The summed E-state index contributed by atoms with van der Waals surface area (Å²) >= 11 is 0. The average Bonchev–Trinajstić information content (AvgIpc) is 2.66. The lowest BCUT2D eigenvalue weighted by molar-refractivity contribution is -0.282. The molecular formula is C19H32O6. The standard InChI is InChI=1S/C15H20O6.2C2H6/c16-10(8-9-4-2-1-3-5-9)6-7-11-12(17)13(18)14(19)15(20)21-11;2*1-2/h1-5,11-15,17-20H,6-8H2;2*1-2H3. The Hall–Kier alpha value is -1.31. The van der Waals surface area contributed by atoms with E-state index in [0.29, 0.717) is 0 Å². The van der Waals surface area contributed by atoms with Gasteiger partial charge in [-0.05, 0) is 12.0 Å². The number of aliphatic hydroxyl groups excluding tert-OH is 4. The normalized spacial score (nSPS) is 28.1. The van der Waals surface area contributed by atoms with Gasteiger partial charge in [0, 0.05) is 12.8 Å². The fraction of sp³-hybridized carbons (Fsp3) is 0.632. The molecular weight excluding hydrogens is 324 g/mol. The largest absolute Gasteiger partial charge is 0.388 e. The molecule has 1 fully saturated rings. The third-order valence-corrected chi connectivity index (χ3v) is 3.64. The lowest BCUT2D eigenvalue weighted by Gasteiger charge is -2.38.